The summed E-state index contributed by atoms with van der Waals surface area (Å²) < 4.78 is 1.72. The summed E-state index contributed by atoms with van der Waals surface area (Å²) in [5.74, 6) is 0.917. The van der Waals surface area contributed by atoms with Crippen molar-refractivity contribution in [2.45, 2.75) is 50.7 Å². The third kappa shape index (κ3) is 4.04. The molecule has 2 aliphatic rings. The highest BCUT2D eigenvalue weighted by atomic mass is 35.5. The third-order valence-electron chi connectivity index (χ3n) is 5.34. The second-order valence-electron chi connectivity index (χ2n) is 7.06. The Morgan fingerprint density at radius 3 is 2.80 bits per heavy atom. The molecule has 2 heterocycles. The zero-order valence-electron chi connectivity index (χ0n) is 14.0. The third-order valence-corrected chi connectivity index (χ3v) is 6.20. The van der Waals surface area contributed by atoms with E-state index in [2.05, 4.69) is 21.7 Å². The summed E-state index contributed by atoms with van der Waals surface area (Å²) in [6, 6.07) is 4.60. The van der Waals surface area contributed by atoms with Gasteiger partial charge in [-0.25, -0.2) is 4.68 Å². The van der Waals surface area contributed by atoms with E-state index in [4.69, 9.17) is 5.73 Å². The minimum absolute atomic E-state index is 0. The van der Waals surface area contributed by atoms with Crippen LogP contribution in [-0.2, 0) is 6.54 Å². The summed E-state index contributed by atoms with van der Waals surface area (Å²) in [5, 5.41) is 13.4. The van der Waals surface area contributed by atoms with Crippen LogP contribution in [0.4, 0.5) is 0 Å². The van der Waals surface area contributed by atoms with Crippen molar-refractivity contribution in [1.29, 1.82) is 0 Å². The molecule has 0 aromatic carbocycles. The van der Waals surface area contributed by atoms with Crippen LogP contribution in [0.2, 0.25) is 0 Å². The van der Waals surface area contributed by atoms with Gasteiger partial charge < -0.3 is 11.1 Å². The van der Waals surface area contributed by atoms with Crippen LogP contribution >= 0.6 is 23.7 Å². The molecule has 0 spiro atoms. The van der Waals surface area contributed by atoms with Gasteiger partial charge in [0.2, 0.25) is 0 Å². The summed E-state index contributed by atoms with van der Waals surface area (Å²) in [5.41, 5.74) is 6.56. The van der Waals surface area contributed by atoms with E-state index in [0.717, 1.165) is 12.8 Å². The van der Waals surface area contributed by atoms with Gasteiger partial charge in [0, 0.05) is 17.0 Å². The summed E-state index contributed by atoms with van der Waals surface area (Å²) in [6.45, 7) is 0.654. The molecular weight excluding hydrogens is 358 g/mol. The monoisotopic (exact) mass is 381 g/mol. The summed E-state index contributed by atoms with van der Waals surface area (Å²) in [4.78, 5) is 13.8. The Bertz CT molecular complexity index is 690. The molecule has 2 aromatic heterocycles. The average Bonchev–Trinajstić information content (AvgIpc) is 3.20. The molecule has 2 aromatic rings. The van der Waals surface area contributed by atoms with E-state index in [9.17, 15) is 4.79 Å². The Labute approximate surface area is 157 Å². The number of halogens is 1. The normalized spacial score (nSPS) is 28.2. The first-order chi connectivity index (χ1) is 11.7. The Morgan fingerprint density at radius 2 is 2.12 bits per heavy atom. The lowest BCUT2D eigenvalue weighted by Crippen LogP contribution is -2.53. The minimum Gasteiger partial charge on any atom is -0.347 e. The van der Waals surface area contributed by atoms with Crippen molar-refractivity contribution in [2.24, 2.45) is 17.6 Å². The van der Waals surface area contributed by atoms with Crippen molar-refractivity contribution in [3.63, 3.8) is 0 Å². The number of rotatable bonds is 4. The fourth-order valence-corrected chi connectivity index (χ4v) is 4.99. The van der Waals surface area contributed by atoms with Crippen molar-refractivity contribution < 1.29 is 4.79 Å². The van der Waals surface area contributed by atoms with Crippen molar-refractivity contribution in [3.8, 4) is 0 Å². The first kappa shape index (κ1) is 18.4. The zero-order chi connectivity index (χ0) is 16.5. The number of amides is 1. The van der Waals surface area contributed by atoms with Crippen LogP contribution in [0.15, 0.2) is 23.7 Å². The average molecular weight is 382 g/mol. The predicted octanol–water partition coefficient (Wildman–Crippen LogP) is 2.45. The van der Waals surface area contributed by atoms with E-state index in [1.165, 1.54) is 24.1 Å². The van der Waals surface area contributed by atoms with Crippen LogP contribution in [0.3, 0.4) is 0 Å². The maximum Gasteiger partial charge on any atom is 0.273 e. The Hall–Kier alpha value is -1.44. The van der Waals surface area contributed by atoms with Crippen molar-refractivity contribution in [2.75, 3.05) is 0 Å². The molecule has 0 saturated heterocycles. The number of nitrogens with two attached hydrogens (primary N) is 1. The smallest absolute Gasteiger partial charge is 0.273 e. The van der Waals surface area contributed by atoms with E-state index in [1.54, 1.807) is 22.2 Å². The largest absolute Gasteiger partial charge is 0.347 e. The second-order valence-corrected chi connectivity index (χ2v) is 8.09. The molecule has 2 atom stereocenters. The lowest BCUT2D eigenvalue weighted by atomic mass is 9.67. The molecule has 2 unspecified atom stereocenters. The van der Waals surface area contributed by atoms with Crippen LogP contribution in [0, 0.1) is 11.8 Å². The lowest BCUT2D eigenvalue weighted by molar-refractivity contribution is 0.0751. The van der Waals surface area contributed by atoms with E-state index in [-0.39, 0.29) is 24.4 Å². The standard InChI is InChI=1S/C17H23N5OS.ClH/c18-13-7-11-3-1-4-12(8-13)16(11)19-17(23)15-10-22(21-20-15)9-14-5-2-6-24-14;/h2,5-6,10-13,16H,1,3-4,7-9,18H2,(H,19,23);1H. The summed E-state index contributed by atoms with van der Waals surface area (Å²) in [6.07, 6.45) is 7.37. The molecule has 0 radical (unpaired) electrons. The number of hydrogen-bond donors (Lipinski definition) is 2. The number of hydrogen-bond acceptors (Lipinski definition) is 5. The maximum atomic E-state index is 12.6. The second kappa shape index (κ2) is 7.85. The molecule has 8 heteroatoms. The van der Waals surface area contributed by atoms with Gasteiger partial charge in [0.15, 0.2) is 5.69 Å². The number of carbonyl (C=O) groups is 1. The predicted molar refractivity (Wildman–Crippen MR) is 100.0 cm³/mol. The van der Waals surface area contributed by atoms with Gasteiger partial charge in [0.1, 0.15) is 0 Å². The summed E-state index contributed by atoms with van der Waals surface area (Å²) >= 11 is 1.67. The molecule has 2 saturated carbocycles. The van der Waals surface area contributed by atoms with Crippen LogP contribution in [0.25, 0.3) is 0 Å². The molecule has 0 aliphatic heterocycles. The highest BCUT2D eigenvalue weighted by Gasteiger charge is 2.40. The van der Waals surface area contributed by atoms with Gasteiger partial charge in [0.25, 0.3) is 5.91 Å². The number of nitrogens with one attached hydrogen (secondary N) is 1. The van der Waals surface area contributed by atoms with E-state index in [0.29, 0.717) is 30.1 Å². The van der Waals surface area contributed by atoms with Gasteiger partial charge >= 0.3 is 0 Å². The van der Waals surface area contributed by atoms with Gasteiger partial charge in [-0.1, -0.05) is 17.7 Å². The quantitative estimate of drug-likeness (QED) is 0.851. The Balaban J connectivity index is 0.00000182. The van der Waals surface area contributed by atoms with Gasteiger partial charge in [0.05, 0.1) is 12.7 Å². The van der Waals surface area contributed by atoms with Crippen LogP contribution < -0.4 is 11.1 Å². The molecule has 1 amide bonds. The van der Waals surface area contributed by atoms with E-state index >= 15 is 0 Å². The Morgan fingerprint density at radius 1 is 1.36 bits per heavy atom. The van der Waals surface area contributed by atoms with Crippen LogP contribution in [0.1, 0.15) is 47.5 Å². The van der Waals surface area contributed by atoms with Gasteiger partial charge in [-0.15, -0.1) is 28.8 Å². The van der Waals surface area contributed by atoms with Crippen LogP contribution in [0.5, 0.6) is 0 Å². The lowest BCUT2D eigenvalue weighted by Gasteiger charge is -2.45. The van der Waals surface area contributed by atoms with Crippen molar-refractivity contribution in [3.05, 3.63) is 34.3 Å². The molecular formula is C17H24ClN5OS. The highest BCUT2D eigenvalue weighted by molar-refractivity contribution is 7.09. The molecule has 3 N–H and O–H groups in total. The van der Waals surface area contributed by atoms with Gasteiger partial charge in [-0.3, -0.25) is 4.79 Å². The first-order valence-electron chi connectivity index (χ1n) is 8.68. The van der Waals surface area contributed by atoms with Gasteiger partial charge in [-0.2, -0.15) is 0 Å². The fourth-order valence-electron chi connectivity index (χ4n) is 4.29. The Kier molecular flexibility index (Phi) is 5.76. The number of carbonyl (C=O) groups excluding carboxylic acids is 1. The minimum atomic E-state index is -0.107. The van der Waals surface area contributed by atoms with Crippen LogP contribution in [-0.4, -0.2) is 33.0 Å². The zero-order valence-corrected chi connectivity index (χ0v) is 15.6. The number of fused-ring (bicyclic) bond motifs is 2. The molecule has 6 nitrogen and oxygen atoms in total. The topological polar surface area (TPSA) is 85.8 Å². The molecule has 2 bridgehead atoms. The summed E-state index contributed by atoms with van der Waals surface area (Å²) in [7, 11) is 0. The first-order valence-corrected chi connectivity index (χ1v) is 9.56. The highest BCUT2D eigenvalue weighted by Crippen LogP contribution is 2.39. The van der Waals surface area contributed by atoms with Crippen molar-refractivity contribution in [1.82, 2.24) is 20.3 Å². The van der Waals surface area contributed by atoms with Gasteiger partial charge in [-0.05, 0) is 49.0 Å². The van der Waals surface area contributed by atoms with E-state index < -0.39 is 0 Å². The van der Waals surface area contributed by atoms with Crippen molar-refractivity contribution >= 4 is 29.7 Å². The number of aromatic nitrogens is 3. The molecule has 25 heavy (non-hydrogen) atoms. The van der Waals surface area contributed by atoms with E-state index in [1.807, 2.05) is 11.4 Å². The fraction of sp³-hybridized carbons (Fsp3) is 0.588. The number of thiophene rings is 1. The SMILES string of the molecule is Cl.NC1CC2CCCC(C1)C2NC(=O)c1cn(Cc2cccs2)nn1. The maximum absolute atomic E-state index is 12.6. The number of nitrogens with zero attached hydrogens (tertiary/aromatic N) is 3. The molecule has 2 aliphatic carbocycles. The molecule has 4 rings (SSSR count). The molecule has 136 valence electrons. The molecule has 2 fully saturated rings.